The second-order valence-corrected chi connectivity index (χ2v) is 6.60. The number of hydrogen-bond acceptors (Lipinski definition) is 3. The third-order valence-corrected chi connectivity index (χ3v) is 4.83. The normalized spacial score (nSPS) is 14.2. The molecule has 1 heterocycles. The van der Waals surface area contributed by atoms with Gasteiger partial charge < -0.3 is 14.7 Å². The van der Waals surface area contributed by atoms with E-state index in [9.17, 15) is 9.59 Å². The van der Waals surface area contributed by atoms with E-state index in [0.717, 1.165) is 24.3 Å². The highest BCUT2D eigenvalue weighted by Crippen LogP contribution is 2.20. The van der Waals surface area contributed by atoms with Crippen LogP contribution in [0.1, 0.15) is 12.5 Å². The molecule has 0 aliphatic carbocycles. The molecule has 0 aromatic heterocycles. The molecule has 3 rings (SSSR count). The van der Waals surface area contributed by atoms with Crippen LogP contribution in [-0.2, 0) is 9.59 Å². The average Bonchev–Trinajstić information content (AvgIpc) is 2.67. The van der Waals surface area contributed by atoms with Crippen LogP contribution in [0.2, 0.25) is 0 Å². The Morgan fingerprint density at radius 1 is 0.923 bits per heavy atom. The van der Waals surface area contributed by atoms with Crippen molar-refractivity contribution in [3.05, 3.63) is 60.2 Å². The summed E-state index contributed by atoms with van der Waals surface area (Å²) in [6.45, 7) is 6.51. The van der Waals surface area contributed by atoms with Gasteiger partial charge in [-0.3, -0.25) is 9.59 Å². The second kappa shape index (κ2) is 8.04. The van der Waals surface area contributed by atoms with Crippen molar-refractivity contribution in [2.75, 3.05) is 42.5 Å². The minimum Gasteiger partial charge on any atom is -0.368 e. The van der Waals surface area contributed by atoms with Gasteiger partial charge in [0.25, 0.3) is 0 Å². The number of benzene rings is 2. The van der Waals surface area contributed by atoms with Crippen molar-refractivity contribution in [3.8, 4) is 0 Å². The minimum absolute atomic E-state index is 0.00355. The zero-order valence-corrected chi connectivity index (χ0v) is 15.4. The lowest BCUT2D eigenvalue weighted by Gasteiger charge is -2.37. The van der Waals surface area contributed by atoms with Crippen LogP contribution in [0.5, 0.6) is 0 Å². The predicted molar refractivity (Wildman–Crippen MR) is 104 cm³/mol. The number of hydrogen-bond donors (Lipinski definition) is 0. The summed E-state index contributed by atoms with van der Waals surface area (Å²) in [7, 11) is 0. The molecular weight excluding hydrogens is 326 g/mol. The molecule has 0 bridgehead atoms. The number of para-hydroxylation sites is 2. The summed E-state index contributed by atoms with van der Waals surface area (Å²) in [6, 6.07) is 17.9. The molecule has 2 aromatic carbocycles. The number of rotatable bonds is 4. The molecule has 2 amide bonds. The molecule has 2 aromatic rings. The van der Waals surface area contributed by atoms with E-state index < -0.39 is 0 Å². The monoisotopic (exact) mass is 351 g/mol. The van der Waals surface area contributed by atoms with Crippen molar-refractivity contribution >= 4 is 23.2 Å². The summed E-state index contributed by atoms with van der Waals surface area (Å²) in [6.07, 6.45) is 0. The number of amides is 2. The van der Waals surface area contributed by atoms with Crippen molar-refractivity contribution in [2.45, 2.75) is 13.8 Å². The van der Waals surface area contributed by atoms with Crippen LogP contribution in [0.25, 0.3) is 0 Å². The van der Waals surface area contributed by atoms with Gasteiger partial charge in [0, 0.05) is 44.5 Å². The van der Waals surface area contributed by atoms with Crippen molar-refractivity contribution < 1.29 is 9.59 Å². The SMILES string of the molecule is CC(=O)N(CC(=O)N1CCN(c2ccccc2)CC1)c1ccccc1C. The van der Waals surface area contributed by atoms with Gasteiger partial charge in [-0.05, 0) is 30.7 Å². The first-order valence-electron chi connectivity index (χ1n) is 8.98. The van der Waals surface area contributed by atoms with E-state index in [4.69, 9.17) is 0 Å². The standard InChI is InChI=1S/C21H25N3O2/c1-17-8-6-7-11-20(17)24(18(2)25)16-21(26)23-14-12-22(13-15-23)19-9-4-3-5-10-19/h3-11H,12-16H2,1-2H3. The predicted octanol–water partition coefficient (Wildman–Crippen LogP) is 2.70. The Morgan fingerprint density at radius 3 is 2.15 bits per heavy atom. The Bertz CT molecular complexity index is 768. The number of nitrogens with zero attached hydrogens (tertiary/aromatic N) is 3. The van der Waals surface area contributed by atoms with Crippen LogP contribution < -0.4 is 9.80 Å². The van der Waals surface area contributed by atoms with Gasteiger partial charge in [-0.25, -0.2) is 0 Å². The summed E-state index contributed by atoms with van der Waals surface area (Å²) in [5, 5.41) is 0. The molecule has 1 aliphatic heterocycles. The molecule has 0 atom stereocenters. The maximum atomic E-state index is 12.8. The van der Waals surface area contributed by atoms with E-state index in [-0.39, 0.29) is 18.4 Å². The first kappa shape index (κ1) is 18.0. The van der Waals surface area contributed by atoms with Crippen LogP contribution in [0, 0.1) is 6.92 Å². The van der Waals surface area contributed by atoms with Gasteiger partial charge in [-0.2, -0.15) is 0 Å². The maximum absolute atomic E-state index is 12.8. The third kappa shape index (κ3) is 4.04. The Hall–Kier alpha value is -2.82. The van der Waals surface area contributed by atoms with Crippen molar-refractivity contribution in [3.63, 3.8) is 0 Å². The lowest BCUT2D eigenvalue weighted by Crippen LogP contribution is -2.51. The van der Waals surface area contributed by atoms with Crippen LogP contribution in [-0.4, -0.2) is 49.4 Å². The molecule has 1 aliphatic rings. The quantitative estimate of drug-likeness (QED) is 0.851. The fraction of sp³-hybridized carbons (Fsp3) is 0.333. The molecule has 0 unspecified atom stereocenters. The van der Waals surface area contributed by atoms with Gasteiger partial charge in [-0.15, -0.1) is 0 Å². The fourth-order valence-electron chi connectivity index (χ4n) is 3.32. The number of carbonyl (C=O) groups is 2. The lowest BCUT2D eigenvalue weighted by molar-refractivity contribution is -0.131. The molecule has 0 saturated carbocycles. The lowest BCUT2D eigenvalue weighted by atomic mass is 10.1. The molecule has 0 radical (unpaired) electrons. The topological polar surface area (TPSA) is 43.9 Å². The zero-order chi connectivity index (χ0) is 18.5. The van der Waals surface area contributed by atoms with E-state index in [0.29, 0.717) is 13.1 Å². The molecule has 5 heteroatoms. The average molecular weight is 351 g/mol. The molecule has 1 fully saturated rings. The van der Waals surface area contributed by atoms with Gasteiger partial charge in [0.05, 0.1) is 0 Å². The molecule has 0 spiro atoms. The Kier molecular flexibility index (Phi) is 5.56. The maximum Gasteiger partial charge on any atom is 0.242 e. The summed E-state index contributed by atoms with van der Waals surface area (Å²) in [5.74, 6) is -0.119. The summed E-state index contributed by atoms with van der Waals surface area (Å²) in [5.41, 5.74) is 2.98. The molecule has 136 valence electrons. The third-order valence-electron chi connectivity index (χ3n) is 4.83. The number of anilines is 2. The molecule has 26 heavy (non-hydrogen) atoms. The first-order valence-corrected chi connectivity index (χ1v) is 8.98. The first-order chi connectivity index (χ1) is 12.6. The van der Waals surface area contributed by atoms with Gasteiger partial charge in [0.1, 0.15) is 6.54 Å². The van der Waals surface area contributed by atoms with E-state index in [1.807, 2.05) is 54.3 Å². The summed E-state index contributed by atoms with van der Waals surface area (Å²) < 4.78 is 0. The molecule has 0 N–H and O–H groups in total. The van der Waals surface area contributed by atoms with Gasteiger partial charge >= 0.3 is 0 Å². The van der Waals surface area contributed by atoms with Crippen molar-refractivity contribution in [1.29, 1.82) is 0 Å². The smallest absolute Gasteiger partial charge is 0.242 e. The van der Waals surface area contributed by atoms with E-state index in [1.54, 1.807) is 4.90 Å². The number of carbonyl (C=O) groups excluding carboxylic acids is 2. The highest BCUT2D eigenvalue weighted by molar-refractivity contribution is 5.98. The summed E-state index contributed by atoms with van der Waals surface area (Å²) >= 11 is 0. The van der Waals surface area contributed by atoms with E-state index in [1.165, 1.54) is 12.6 Å². The number of aryl methyl sites for hydroxylation is 1. The zero-order valence-electron chi connectivity index (χ0n) is 15.4. The highest BCUT2D eigenvalue weighted by atomic mass is 16.2. The van der Waals surface area contributed by atoms with Crippen molar-refractivity contribution in [2.24, 2.45) is 0 Å². The molecular formula is C21H25N3O2. The Morgan fingerprint density at radius 2 is 1.54 bits per heavy atom. The van der Waals surface area contributed by atoms with Crippen LogP contribution in [0.4, 0.5) is 11.4 Å². The van der Waals surface area contributed by atoms with Crippen molar-refractivity contribution in [1.82, 2.24) is 4.90 Å². The van der Waals surface area contributed by atoms with Crippen LogP contribution >= 0.6 is 0 Å². The summed E-state index contributed by atoms with van der Waals surface area (Å²) in [4.78, 5) is 30.6. The molecule has 1 saturated heterocycles. The Balaban J connectivity index is 1.63. The van der Waals surface area contributed by atoms with Gasteiger partial charge in [-0.1, -0.05) is 36.4 Å². The largest absolute Gasteiger partial charge is 0.368 e. The van der Waals surface area contributed by atoms with Gasteiger partial charge in [0.2, 0.25) is 11.8 Å². The second-order valence-electron chi connectivity index (χ2n) is 6.60. The van der Waals surface area contributed by atoms with Crippen LogP contribution in [0.15, 0.2) is 54.6 Å². The Labute approximate surface area is 154 Å². The fourth-order valence-corrected chi connectivity index (χ4v) is 3.32. The van der Waals surface area contributed by atoms with E-state index in [2.05, 4.69) is 17.0 Å². The van der Waals surface area contributed by atoms with E-state index >= 15 is 0 Å². The minimum atomic E-state index is -0.115. The van der Waals surface area contributed by atoms with Crippen LogP contribution in [0.3, 0.4) is 0 Å². The number of piperazine rings is 1. The van der Waals surface area contributed by atoms with Gasteiger partial charge in [0.15, 0.2) is 0 Å². The molecule has 5 nitrogen and oxygen atoms in total. The highest BCUT2D eigenvalue weighted by Gasteiger charge is 2.24.